The van der Waals surface area contributed by atoms with Gasteiger partial charge in [-0.25, -0.2) is 0 Å². The fourth-order valence-electron chi connectivity index (χ4n) is 4.38. The Labute approximate surface area is 220 Å². The van der Waals surface area contributed by atoms with Crippen LogP contribution in [0.25, 0.3) is 11.1 Å². The zero-order chi connectivity index (χ0) is 26.0. The van der Waals surface area contributed by atoms with Crippen LogP contribution < -0.4 is 0 Å². The molecule has 0 unspecified atom stereocenters. The second-order valence-electron chi connectivity index (χ2n) is 9.37. The van der Waals surface area contributed by atoms with Crippen LogP contribution >= 0.6 is 0 Å². The van der Waals surface area contributed by atoms with Gasteiger partial charge in [0.15, 0.2) is 0 Å². The van der Waals surface area contributed by atoms with E-state index in [1.165, 1.54) is 0 Å². The number of rotatable bonds is 11. The maximum absolute atomic E-state index is 13.7. The number of carbonyl (C=O) groups is 2. The number of aryl methyl sites for hydroxylation is 1. The number of carbonyl (C=O) groups excluding carboxylic acids is 2. The van der Waals surface area contributed by atoms with E-state index in [0.717, 1.165) is 35.2 Å². The summed E-state index contributed by atoms with van der Waals surface area (Å²) in [7, 11) is 1.98. The standard InChI is InChI=1S/C32H35N3O2/c1-3-4-22-34(32(37)29-19-17-28(18-20-29)27-14-9-6-10-15-27)25-31(36)35(23-26-12-7-5-8-13-26)24-30-16-11-21-33(30)2/h5-21H,3-4,22-25H2,1-2H3. The molecule has 190 valence electrons. The van der Waals surface area contributed by atoms with E-state index < -0.39 is 0 Å². The van der Waals surface area contributed by atoms with E-state index >= 15 is 0 Å². The van der Waals surface area contributed by atoms with Gasteiger partial charge < -0.3 is 14.4 Å². The van der Waals surface area contributed by atoms with Crippen molar-refractivity contribution in [2.24, 2.45) is 7.05 Å². The average Bonchev–Trinajstić information content (AvgIpc) is 3.35. The molecular weight excluding hydrogens is 458 g/mol. The van der Waals surface area contributed by atoms with Gasteiger partial charge in [-0.2, -0.15) is 0 Å². The average molecular weight is 494 g/mol. The zero-order valence-electron chi connectivity index (χ0n) is 21.7. The Balaban J connectivity index is 1.52. The Hall–Kier alpha value is -4.12. The van der Waals surface area contributed by atoms with Crippen LogP contribution in [0.2, 0.25) is 0 Å². The first-order valence-electron chi connectivity index (χ1n) is 12.9. The number of aromatic nitrogens is 1. The number of benzene rings is 3. The van der Waals surface area contributed by atoms with Crippen LogP contribution in [0.5, 0.6) is 0 Å². The number of unbranched alkanes of at least 4 members (excludes halogenated alkanes) is 1. The van der Waals surface area contributed by atoms with Crippen molar-refractivity contribution in [3.05, 3.63) is 120 Å². The molecule has 0 radical (unpaired) electrons. The molecule has 3 aromatic carbocycles. The molecule has 5 nitrogen and oxygen atoms in total. The van der Waals surface area contributed by atoms with Crippen molar-refractivity contribution in [1.82, 2.24) is 14.4 Å². The highest BCUT2D eigenvalue weighted by molar-refractivity contribution is 5.97. The Bertz CT molecular complexity index is 1280. The van der Waals surface area contributed by atoms with Crippen LogP contribution in [0.3, 0.4) is 0 Å². The molecule has 0 spiro atoms. The minimum absolute atomic E-state index is 0.0521. The Morgan fingerprint density at radius 2 is 1.38 bits per heavy atom. The molecule has 4 rings (SSSR count). The summed E-state index contributed by atoms with van der Waals surface area (Å²) in [6, 6.07) is 31.8. The molecule has 0 aliphatic rings. The lowest BCUT2D eigenvalue weighted by atomic mass is 10.0. The van der Waals surface area contributed by atoms with Gasteiger partial charge in [-0.1, -0.05) is 86.1 Å². The van der Waals surface area contributed by atoms with E-state index in [4.69, 9.17) is 0 Å². The number of nitrogens with zero attached hydrogens (tertiary/aromatic N) is 3. The van der Waals surface area contributed by atoms with Crippen molar-refractivity contribution >= 4 is 11.8 Å². The maximum Gasteiger partial charge on any atom is 0.254 e. The number of hydrogen-bond acceptors (Lipinski definition) is 2. The predicted octanol–water partition coefficient (Wildman–Crippen LogP) is 6.16. The van der Waals surface area contributed by atoms with Gasteiger partial charge in [0.1, 0.15) is 6.54 Å². The van der Waals surface area contributed by atoms with Crippen LogP contribution in [0.1, 0.15) is 41.4 Å². The third-order valence-electron chi connectivity index (χ3n) is 6.61. The fourth-order valence-corrected chi connectivity index (χ4v) is 4.38. The molecule has 0 bridgehead atoms. The summed E-state index contributed by atoms with van der Waals surface area (Å²) in [6.07, 6.45) is 3.77. The first-order valence-corrected chi connectivity index (χ1v) is 12.9. The lowest BCUT2D eigenvalue weighted by Crippen LogP contribution is -2.43. The Kier molecular flexibility index (Phi) is 8.93. The molecule has 0 aliphatic carbocycles. The molecular formula is C32H35N3O2. The SMILES string of the molecule is CCCCN(CC(=O)N(Cc1ccccc1)Cc1cccn1C)C(=O)c1ccc(-c2ccccc2)cc1. The highest BCUT2D eigenvalue weighted by atomic mass is 16.2. The van der Waals surface area contributed by atoms with Crippen LogP contribution in [0.15, 0.2) is 103 Å². The molecule has 0 fully saturated rings. The normalized spacial score (nSPS) is 10.8. The van der Waals surface area contributed by atoms with Gasteiger partial charge in [0.2, 0.25) is 5.91 Å². The lowest BCUT2D eigenvalue weighted by molar-refractivity contribution is -0.133. The molecule has 0 saturated heterocycles. The highest BCUT2D eigenvalue weighted by Gasteiger charge is 2.23. The zero-order valence-corrected chi connectivity index (χ0v) is 21.7. The topological polar surface area (TPSA) is 45.6 Å². The van der Waals surface area contributed by atoms with Gasteiger partial charge in [0.25, 0.3) is 5.91 Å². The smallest absolute Gasteiger partial charge is 0.254 e. The van der Waals surface area contributed by atoms with Crippen LogP contribution in [0.4, 0.5) is 0 Å². The van der Waals surface area contributed by atoms with E-state index in [2.05, 4.69) is 19.1 Å². The molecule has 0 N–H and O–H groups in total. The molecule has 5 heteroatoms. The van der Waals surface area contributed by atoms with E-state index in [9.17, 15) is 9.59 Å². The third-order valence-corrected chi connectivity index (χ3v) is 6.61. The maximum atomic E-state index is 13.7. The van der Waals surface area contributed by atoms with Crippen molar-refractivity contribution < 1.29 is 9.59 Å². The van der Waals surface area contributed by atoms with Gasteiger partial charge in [-0.05, 0) is 47.4 Å². The van der Waals surface area contributed by atoms with Crippen LogP contribution in [0, 0.1) is 0 Å². The second-order valence-corrected chi connectivity index (χ2v) is 9.37. The molecule has 0 atom stereocenters. The Morgan fingerprint density at radius 1 is 0.730 bits per heavy atom. The van der Waals surface area contributed by atoms with Crippen molar-refractivity contribution in [2.75, 3.05) is 13.1 Å². The summed E-state index contributed by atoms with van der Waals surface area (Å²) in [6.45, 7) is 3.67. The number of amides is 2. The molecule has 0 saturated carbocycles. The molecule has 1 heterocycles. The summed E-state index contributed by atoms with van der Waals surface area (Å²) in [5.41, 5.74) is 4.88. The van der Waals surface area contributed by atoms with E-state index in [1.54, 1.807) is 4.90 Å². The summed E-state index contributed by atoms with van der Waals surface area (Å²) in [5.74, 6) is -0.171. The fraction of sp³-hybridized carbons (Fsp3) is 0.250. The van der Waals surface area contributed by atoms with Crippen LogP contribution in [-0.2, 0) is 24.9 Å². The molecule has 1 aromatic heterocycles. The first-order chi connectivity index (χ1) is 18.0. The molecule has 2 amide bonds. The summed E-state index contributed by atoms with van der Waals surface area (Å²) in [4.78, 5) is 30.7. The van der Waals surface area contributed by atoms with Gasteiger partial charge >= 0.3 is 0 Å². The van der Waals surface area contributed by atoms with Crippen molar-refractivity contribution in [3.8, 4) is 11.1 Å². The quantitative estimate of drug-likeness (QED) is 0.251. The second kappa shape index (κ2) is 12.7. The van der Waals surface area contributed by atoms with Crippen LogP contribution in [-0.4, -0.2) is 39.3 Å². The third kappa shape index (κ3) is 6.98. The largest absolute Gasteiger partial charge is 0.353 e. The summed E-state index contributed by atoms with van der Waals surface area (Å²) < 4.78 is 2.03. The molecule has 4 aromatic rings. The Morgan fingerprint density at radius 3 is 2.00 bits per heavy atom. The number of hydrogen-bond donors (Lipinski definition) is 0. The van der Waals surface area contributed by atoms with Crippen molar-refractivity contribution in [3.63, 3.8) is 0 Å². The van der Waals surface area contributed by atoms with E-state index in [1.807, 2.05) is 108 Å². The van der Waals surface area contributed by atoms with Gasteiger partial charge in [0.05, 0.1) is 6.54 Å². The minimum Gasteiger partial charge on any atom is -0.353 e. The van der Waals surface area contributed by atoms with Gasteiger partial charge in [-0.3, -0.25) is 9.59 Å². The first kappa shape index (κ1) is 26.0. The van der Waals surface area contributed by atoms with Crippen molar-refractivity contribution in [2.45, 2.75) is 32.9 Å². The molecule has 37 heavy (non-hydrogen) atoms. The minimum atomic E-state index is -0.111. The van der Waals surface area contributed by atoms with Crippen molar-refractivity contribution in [1.29, 1.82) is 0 Å². The summed E-state index contributed by atoms with van der Waals surface area (Å²) in [5, 5.41) is 0. The van der Waals surface area contributed by atoms with Gasteiger partial charge in [-0.15, -0.1) is 0 Å². The van der Waals surface area contributed by atoms with E-state index in [0.29, 0.717) is 25.2 Å². The van der Waals surface area contributed by atoms with E-state index in [-0.39, 0.29) is 18.4 Å². The molecule has 0 aliphatic heterocycles. The monoisotopic (exact) mass is 493 g/mol. The highest BCUT2D eigenvalue weighted by Crippen LogP contribution is 2.20. The van der Waals surface area contributed by atoms with Gasteiger partial charge in [0, 0.05) is 37.6 Å². The lowest BCUT2D eigenvalue weighted by Gasteiger charge is -2.28. The summed E-state index contributed by atoms with van der Waals surface area (Å²) >= 11 is 0. The predicted molar refractivity (Wildman–Crippen MR) is 149 cm³/mol.